The minimum absolute atomic E-state index is 0.0181. The highest BCUT2D eigenvalue weighted by Crippen LogP contribution is 2.22. The number of urea groups is 1. The van der Waals surface area contributed by atoms with Gasteiger partial charge in [-0.25, -0.2) is 9.69 Å². The van der Waals surface area contributed by atoms with Crippen LogP contribution in [0.5, 0.6) is 5.75 Å². The van der Waals surface area contributed by atoms with Crippen LogP contribution in [0.4, 0.5) is 4.79 Å². The molecule has 0 heterocycles. The molecular weight excluding hydrogens is 238 g/mol. The molecule has 1 unspecified atom stereocenters. The van der Waals surface area contributed by atoms with E-state index >= 15 is 0 Å². The van der Waals surface area contributed by atoms with Crippen molar-refractivity contribution in [3.05, 3.63) is 29.8 Å². The van der Waals surface area contributed by atoms with Crippen molar-refractivity contribution in [2.75, 3.05) is 0 Å². The molecule has 1 aromatic carbocycles. The highest BCUT2D eigenvalue weighted by atomic mass is 16.3. The second-order valence-electron chi connectivity index (χ2n) is 3.62. The Balaban J connectivity index is 3.24. The predicted octanol–water partition coefficient (Wildman–Crippen LogP) is -0.154. The van der Waals surface area contributed by atoms with Gasteiger partial charge < -0.3 is 16.6 Å². The molecule has 0 saturated heterocycles. The van der Waals surface area contributed by atoms with Gasteiger partial charge >= 0.3 is 6.03 Å². The van der Waals surface area contributed by atoms with E-state index < -0.39 is 23.9 Å². The number of amides is 4. The molecule has 96 valence electrons. The summed E-state index contributed by atoms with van der Waals surface area (Å²) in [6.45, 7) is 1.10. The Kier molecular flexibility index (Phi) is 3.88. The van der Waals surface area contributed by atoms with Crippen LogP contribution in [-0.4, -0.2) is 27.9 Å². The first-order chi connectivity index (χ1) is 8.34. The normalized spacial score (nSPS) is 11.6. The van der Waals surface area contributed by atoms with E-state index in [1.54, 1.807) is 0 Å². The van der Waals surface area contributed by atoms with E-state index in [0.29, 0.717) is 4.90 Å². The Bertz CT molecular complexity index is 470. The maximum absolute atomic E-state index is 11.4. The van der Waals surface area contributed by atoms with Gasteiger partial charge in [0.2, 0.25) is 11.8 Å². The van der Waals surface area contributed by atoms with Gasteiger partial charge in [-0.15, -0.1) is 0 Å². The zero-order chi connectivity index (χ0) is 13.9. The number of nitrogens with two attached hydrogens (primary N) is 2. The van der Waals surface area contributed by atoms with E-state index in [4.69, 9.17) is 16.6 Å². The van der Waals surface area contributed by atoms with Crippen LogP contribution >= 0.6 is 0 Å². The fourth-order valence-corrected chi connectivity index (χ4v) is 1.56. The highest BCUT2D eigenvalue weighted by Gasteiger charge is 2.31. The van der Waals surface area contributed by atoms with Gasteiger partial charge in [0.15, 0.2) is 0 Å². The number of carbonyl (C=O) groups excluding carboxylic acids is 3. The number of rotatable bonds is 3. The first-order valence-electron chi connectivity index (χ1n) is 5.02. The topological polar surface area (TPSA) is 127 Å². The minimum atomic E-state index is -1.29. The number of hydrogen-bond acceptors (Lipinski definition) is 4. The predicted molar refractivity (Wildman–Crippen MR) is 62.1 cm³/mol. The third-order valence-corrected chi connectivity index (χ3v) is 2.31. The van der Waals surface area contributed by atoms with Crippen LogP contribution in [0.15, 0.2) is 24.3 Å². The van der Waals surface area contributed by atoms with Crippen LogP contribution in [0.25, 0.3) is 0 Å². The van der Waals surface area contributed by atoms with Crippen molar-refractivity contribution >= 4 is 17.8 Å². The average molecular weight is 251 g/mol. The molecule has 5 N–H and O–H groups in total. The molecule has 0 fully saturated rings. The fraction of sp³-hybridized carbons (Fsp3) is 0.182. The molecule has 1 aromatic rings. The van der Waals surface area contributed by atoms with Crippen molar-refractivity contribution in [3.8, 4) is 5.75 Å². The van der Waals surface area contributed by atoms with E-state index in [0.717, 1.165) is 6.92 Å². The molecule has 0 saturated carbocycles. The Morgan fingerprint density at radius 2 is 1.67 bits per heavy atom. The van der Waals surface area contributed by atoms with Crippen molar-refractivity contribution in [1.29, 1.82) is 0 Å². The SMILES string of the molecule is CC(=O)N(C(N)=O)C(C(N)=O)c1ccc(O)cc1. The molecule has 1 atom stereocenters. The summed E-state index contributed by atoms with van der Waals surface area (Å²) in [6, 6.07) is 3.02. The maximum Gasteiger partial charge on any atom is 0.322 e. The number of benzene rings is 1. The number of imide groups is 1. The highest BCUT2D eigenvalue weighted by molar-refractivity contribution is 5.98. The van der Waals surface area contributed by atoms with E-state index in [9.17, 15) is 14.4 Å². The quantitative estimate of drug-likeness (QED) is 0.690. The first-order valence-corrected chi connectivity index (χ1v) is 5.02. The van der Waals surface area contributed by atoms with Crippen LogP contribution < -0.4 is 11.5 Å². The number of nitrogens with zero attached hydrogens (tertiary/aromatic N) is 1. The second kappa shape index (κ2) is 5.17. The van der Waals surface area contributed by atoms with Gasteiger partial charge in [-0.3, -0.25) is 9.59 Å². The number of phenols is 1. The summed E-state index contributed by atoms with van der Waals surface area (Å²) >= 11 is 0. The zero-order valence-corrected chi connectivity index (χ0v) is 9.66. The Labute approximate surface area is 103 Å². The zero-order valence-electron chi connectivity index (χ0n) is 9.66. The fourth-order valence-electron chi connectivity index (χ4n) is 1.56. The first kappa shape index (κ1) is 13.5. The van der Waals surface area contributed by atoms with Gasteiger partial charge in [-0.05, 0) is 17.7 Å². The average Bonchev–Trinajstić information content (AvgIpc) is 2.25. The standard InChI is InChI=1S/C11H13N3O4/c1-6(15)14(11(13)18)9(10(12)17)7-2-4-8(16)5-3-7/h2-5,9,16H,1H3,(H2,12,17)(H2,13,18). The Morgan fingerprint density at radius 3 is 2.00 bits per heavy atom. The van der Waals surface area contributed by atoms with Gasteiger partial charge in [-0.2, -0.15) is 0 Å². The van der Waals surface area contributed by atoms with E-state index in [1.165, 1.54) is 24.3 Å². The molecule has 7 nitrogen and oxygen atoms in total. The van der Waals surface area contributed by atoms with Gasteiger partial charge in [0.05, 0.1) is 0 Å². The summed E-state index contributed by atoms with van der Waals surface area (Å²) in [7, 11) is 0. The van der Waals surface area contributed by atoms with Gasteiger partial charge in [0.25, 0.3) is 0 Å². The lowest BCUT2D eigenvalue weighted by Gasteiger charge is -2.25. The molecule has 0 aromatic heterocycles. The molecule has 18 heavy (non-hydrogen) atoms. The van der Waals surface area contributed by atoms with Gasteiger partial charge in [-0.1, -0.05) is 12.1 Å². The smallest absolute Gasteiger partial charge is 0.322 e. The lowest BCUT2D eigenvalue weighted by atomic mass is 10.0. The molecule has 4 amide bonds. The molecule has 7 heteroatoms. The number of phenolic OH excluding ortho intramolecular Hbond substituents is 1. The summed E-state index contributed by atoms with van der Waals surface area (Å²) in [6.07, 6.45) is 0. The van der Waals surface area contributed by atoms with Gasteiger partial charge in [0.1, 0.15) is 11.8 Å². The molecule has 0 aliphatic rings. The number of primary amides is 2. The van der Waals surface area contributed by atoms with E-state index in [1.807, 2.05) is 0 Å². The van der Waals surface area contributed by atoms with Crippen LogP contribution in [0.1, 0.15) is 18.5 Å². The van der Waals surface area contributed by atoms with Crippen LogP contribution in [-0.2, 0) is 9.59 Å². The molecule has 0 spiro atoms. The van der Waals surface area contributed by atoms with Crippen molar-refractivity contribution < 1.29 is 19.5 Å². The molecule has 0 aliphatic heterocycles. The maximum atomic E-state index is 11.4. The van der Waals surface area contributed by atoms with Crippen molar-refractivity contribution in [2.45, 2.75) is 13.0 Å². The summed E-state index contributed by atoms with van der Waals surface area (Å²) in [5.74, 6) is -1.61. The van der Waals surface area contributed by atoms with Crippen molar-refractivity contribution in [1.82, 2.24) is 4.90 Å². The summed E-state index contributed by atoms with van der Waals surface area (Å²) in [4.78, 5) is 34.5. The largest absolute Gasteiger partial charge is 0.508 e. The van der Waals surface area contributed by atoms with E-state index in [2.05, 4.69) is 0 Å². The summed E-state index contributed by atoms with van der Waals surface area (Å²) in [5.41, 5.74) is 10.5. The third-order valence-electron chi connectivity index (χ3n) is 2.31. The van der Waals surface area contributed by atoms with Crippen molar-refractivity contribution in [2.24, 2.45) is 11.5 Å². The molecule has 0 radical (unpaired) electrons. The van der Waals surface area contributed by atoms with Crippen LogP contribution in [0, 0.1) is 0 Å². The second-order valence-corrected chi connectivity index (χ2v) is 3.62. The van der Waals surface area contributed by atoms with Crippen LogP contribution in [0.3, 0.4) is 0 Å². The molecule has 0 aliphatic carbocycles. The van der Waals surface area contributed by atoms with Crippen molar-refractivity contribution in [3.63, 3.8) is 0 Å². The number of aromatic hydroxyl groups is 1. The minimum Gasteiger partial charge on any atom is -0.508 e. The molecule has 0 bridgehead atoms. The number of carbonyl (C=O) groups is 3. The number of hydrogen-bond donors (Lipinski definition) is 3. The lowest BCUT2D eigenvalue weighted by molar-refractivity contribution is -0.134. The summed E-state index contributed by atoms with van der Waals surface area (Å²) < 4.78 is 0. The monoisotopic (exact) mass is 251 g/mol. The van der Waals surface area contributed by atoms with Gasteiger partial charge in [0, 0.05) is 6.92 Å². The molecule has 1 rings (SSSR count). The third kappa shape index (κ3) is 2.76. The summed E-state index contributed by atoms with van der Waals surface area (Å²) in [5, 5.41) is 9.15. The Morgan fingerprint density at radius 1 is 1.17 bits per heavy atom. The van der Waals surface area contributed by atoms with Crippen LogP contribution in [0.2, 0.25) is 0 Å². The lowest BCUT2D eigenvalue weighted by Crippen LogP contribution is -2.46. The van der Waals surface area contributed by atoms with E-state index in [-0.39, 0.29) is 11.3 Å². The Hall–Kier alpha value is -2.57. The molecular formula is C11H13N3O4.